The fourth-order valence-electron chi connectivity index (χ4n) is 7.18. The second-order valence-corrected chi connectivity index (χ2v) is 17.1. The summed E-state index contributed by atoms with van der Waals surface area (Å²) in [5.41, 5.74) is 10.8. The van der Waals surface area contributed by atoms with Crippen molar-refractivity contribution in [3.63, 3.8) is 0 Å². The number of anilines is 1. The van der Waals surface area contributed by atoms with Crippen LogP contribution in [0.15, 0.2) is 74.1 Å². The summed E-state index contributed by atoms with van der Waals surface area (Å²) in [7, 11) is 2.09. The fourth-order valence-corrected chi connectivity index (χ4v) is 8.17. The van der Waals surface area contributed by atoms with Crippen molar-refractivity contribution >= 4 is 112 Å². The lowest BCUT2D eigenvalue weighted by Crippen LogP contribution is -2.38. The third-order valence-corrected chi connectivity index (χ3v) is 11.7. The lowest BCUT2D eigenvalue weighted by atomic mass is 10.1. The number of carbonyl (C=O) groups excluding carboxylic acids is 4. The first-order valence-corrected chi connectivity index (χ1v) is 23.3. The van der Waals surface area contributed by atoms with Crippen LogP contribution >= 0.6 is 60.2 Å². The number of aryl methyl sites for hydroxylation is 1. The Hall–Kier alpha value is -4.33. The number of nitrogens with two attached hydrogens (primary N) is 1. The number of Topliss-reactive ketones (excluding diaryl/α,β-unsaturated/α-hetero) is 1. The minimum Gasteiger partial charge on any atom is -0.450 e. The molecule has 350 valence electrons. The molecular formula is C45H59Br3ClN7O8. The second-order valence-electron chi connectivity index (χ2n) is 14.4. The van der Waals surface area contributed by atoms with Crippen molar-refractivity contribution in [3.05, 3.63) is 96.6 Å². The van der Waals surface area contributed by atoms with E-state index in [1.165, 1.54) is 38.8 Å². The van der Waals surface area contributed by atoms with Crippen molar-refractivity contribution in [1.82, 2.24) is 24.3 Å². The van der Waals surface area contributed by atoms with Gasteiger partial charge in [0.05, 0.1) is 32.9 Å². The van der Waals surface area contributed by atoms with Crippen LogP contribution in [0.3, 0.4) is 0 Å². The van der Waals surface area contributed by atoms with E-state index in [4.69, 9.17) is 25.2 Å². The molecule has 3 aliphatic rings. The summed E-state index contributed by atoms with van der Waals surface area (Å²) >= 11 is 10.3. The van der Waals surface area contributed by atoms with Crippen molar-refractivity contribution in [2.24, 2.45) is 12.9 Å². The van der Waals surface area contributed by atoms with Gasteiger partial charge < -0.3 is 49.0 Å². The van der Waals surface area contributed by atoms with E-state index in [1.807, 2.05) is 44.2 Å². The molecule has 0 spiro atoms. The third kappa shape index (κ3) is 15.1. The van der Waals surface area contributed by atoms with Crippen molar-refractivity contribution in [2.75, 3.05) is 58.0 Å². The Morgan fingerprint density at radius 1 is 0.688 bits per heavy atom. The number of nitrogens with zero attached hydrogens (tertiary/aromatic N) is 4. The number of nitrogens with one attached hydrogen (secondary N) is 2. The number of rotatable bonds is 4. The van der Waals surface area contributed by atoms with E-state index in [0.29, 0.717) is 65.4 Å². The van der Waals surface area contributed by atoms with Crippen LogP contribution in [-0.2, 0) is 52.0 Å². The van der Waals surface area contributed by atoms with Gasteiger partial charge >= 0.3 is 18.3 Å². The van der Waals surface area contributed by atoms with E-state index in [9.17, 15) is 19.2 Å². The molecule has 19 heteroatoms. The second kappa shape index (κ2) is 27.2. The van der Waals surface area contributed by atoms with E-state index in [2.05, 4.69) is 100 Å². The molecule has 0 aliphatic carbocycles. The highest BCUT2D eigenvalue weighted by Crippen LogP contribution is 2.33. The predicted octanol–water partition coefficient (Wildman–Crippen LogP) is 9.86. The highest BCUT2D eigenvalue weighted by atomic mass is 79.9. The first kappa shape index (κ1) is 54.0. The number of ketones is 1. The van der Waals surface area contributed by atoms with Crippen LogP contribution in [-0.4, -0.2) is 106 Å². The van der Waals surface area contributed by atoms with Gasteiger partial charge in [-0.25, -0.2) is 14.4 Å². The van der Waals surface area contributed by atoms with E-state index in [0.717, 1.165) is 44.0 Å². The summed E-state index contributed by atoms with van der Waals surface area (Å²) in [5.74, 6) is 5.37. The number of aliphatic hydroxyl groups excluding tert-OH is 1. The summed E-state index contributed by atoms with van der Waals surface area (Å²) in [6.07, 6.45) is 1.92. The predicted molar refractivity (Wildman–Crippen MR) is 264 cm³/mol. The number of nitrogen functional groups attached to an aromatic ring is 1. The molecule has 3 aliphatic heterocycles. The number of amides is 3. The zero-order valence-corrected chi connectivity index (χ0v) is 42.5. The Morgan fingerprint density at radius 2 is 1.16 bits per heavy atom. The molecule has 5 heterocycles. The summed E-state index contributed by atoms with van der Waals surface area (Å²) in [5, 5.41) is 9.96. The molecule has 0 bridgehead atoms. The van der Waals surface area contributed by atoms with Crippen molar-refractivity contribution in [2.45, 2.75) is 66.5 Å². The van der Waals surface area contributed by atoms with Crippen molar-refractivity contribution < 1.29 is 38.5 Å². The normalized spacial score (nSPS) is 13.7. The summed E-state index contributed by atoms with van der Waals surface area (Å²) in [6, 6.07) is 20.1. The maximum absolute atomic E-state index is 11.9. The van der Waals surface area contributed by atoms with Crippen LogP contribution in [0.5, 0.6) is 0 Å². The van der Waals surface area contributed by atoms with Gasteiger partial charge in [-0.15, -0.1) is 12.4 Å². The third-order valence-electron chi connectivity index (χ3n) is 10.2. The maximum atomic E-state index is 11.9. The molecule has 8 rings (SSSR count). The van der Waals surface area contributed by atoms with E-state index in [1.54, 1.807) is 28.5 Å². The molecule has 3 aromatic carbocycles. The number of hydrogen-bond donors (Lipinski definition) is 4. The topological polar surface area (TPSA) is 185 Å². The fraction of sp³-hybridized carbons (Fsp3) is 0.422. The van der Waals surface area contributed by atoms with Gasteiger partial charge in [0.15, 0.2) is 0 Å². The Morgan fingerprint density at radius 3 is 1.70 bits per heavy atom. The van der Waals surface area contributed by atoms with Crippen LogP contribution in [0, 0.1) is 0 Å². The van der Waals surface area contributed by atoms with Crippen molar-refractivity contribution in [3.8, 4) is 0 Å². The summed E-state index contributed by atoms with van der Waals surface area (Å²) < 4.78 is 20.4. The number of benzene rings is 3. The number of ether oxygens (including phenoxy) is 3. The van der Waals surface area contributed by atoms with Gasteiger partial charge in [-0.2, -0.15) is 0 Å². The average Bonchev–Trinajstić information content (AvgIpc) is 3.78. The molecule has 1 fully saturated rings. The van der Waals surface area contributed by atoms with Gasteiger partial charge in [0.25, 0.3) is 0 Å². The first-order chi connectivity index (χ1) is 30.3. The number of fused-ring (bicyclic) bond motifs is 6. The van der Waals surface area contributed by atoms with Gasteiger partial charge in [0.1, 0.15) is 5.78 Å². The number of likely N-dealkylation sites (tertiary alicyclic amines) is 1. The van der Waals surface area contributed by atoms with Crippen LogP contribution in [0.4, 0.5) is 20.1 Å². The molecule has 5 aromatic rings. The summed E-state index contributed by atoms with van der Waals surface area (Å²) in [4.78, 5) is 54.2. The highest BCUT2D eigenvalue weighted by Gasteiger charge is 2.27. The minimum atomic E-state index is -0.301. The number of hydrazine groups is 1. The Bertz CT molecular complexity index is 2300. The standard InChI is InChI=1S/C15H17BrN2O2.C14H15BrN2O2.C8H13NO3.C6H7BrN2.C2H6O.ClH/c1-3-20-15(19)18-7-6-14-12(9-18)11-8-10(16)4-5-13(11)17(14)2;1-2-19-14(18)17-6-5-13-11(8-17)10-7-9(15)3-4-12(10)16-13;1-2-12-8(11)9-5-3-7(10)4-6-9;7-5-1-3-6(9-8)4-2-5;1-2-3;/h4-5,8H,3,6-7,9H2,1-2H3;3-4,7,16H,2,5-6,8H2,1H3;2-6H2,1H3;1-4,9H,8H2;3H,2H2,1H3;1H. The summed E-state index contributed by atoms with van der Waals surface area (Å²) in [6.45, 7) is 12.3. The van der Waals surface area contributed by atoms with Crippen LogP contribution < -0.4 is 11.3 Å². The van der Waals surface area contributed by atoms with Gasteiger partial charge in [-0.1, -0.05) is 47.8 Å². The zero-order valence-electron chi connectivity index (χ0n) is 36.9. The molecule has 2 aromatic heterocycles. The van der Waals surface area contributed by atoms with Gasteiger partial charge in [-0.3, -0.25) is 10.6 Å². The minimum absolute atomic E-state index is 0. The van der Waals surface area contributed by atoms with Crippen LogP contribution in [0.1, 0.15) is 63.1 Å². The number of aliphatic hydroxyl groups is 1. The number of H-pyrrole nitrogens is 1. The highest BCUT2D eigenvalue weighted by molar-refractivity contribution is 9.11. The smallest absolute Gasteiger partial charge is 0.410 e. The Balaban J connectivity index is 0.000000230. The Kier molecular flexibility index (Phi) is 23.0. The molecule has 3 amide bonds. The van der Waals surface area contributed by atoms with Crippen LogP contribution in [0.25, 0.3) is 21.8 Å². The molecule has 0 unspecified atom stereocenters. The van der Waals surface area contributed by atoms with E-state index >= 15 is 0 Å². The van der Waals surface area contributed by atoms with Crippen LogP contribution in [0.2, 0.25) is 0 Å². The molecular weight excluding hydrogens is 1040 g/mol. The number of aromatic nitrogens is 2. The number of halogens is 4. The number of hydrogen-bond acceptors (Lipinski definition) is 10. The molecule has 5 N–H and O–H groups in total. The molecule has 0 atom stereocenters. The maximum Gasteiger partial charge on any atom is 0.410 e. The number of piperidine rings is 1. The van der Waals surface area contributed by atoms with Gasteiger partial charge in [0, 0.05) is 129 Å². The molecule has 1 saturated heterocycles. The number of carbonyl (C=O) groups is 4. The largest absolute Gasteiger partial charge is 0.450 e. The number of aromatic amines is 1. The molecule has 0 saturated carbocycles. The monoisotopic (exact) mass is 1100 g/mol. The average molecular weight is 1100 g/mol. The Labute approximate surface area is 406 Å². The van der Waals surface area contributed by atoms with Crippen molar-refractivity contribution in [1.29, 1.82) is 0 Å². The quantitative estimate of drug-likeness (QED) is 0.0768. The molecule has 15 nitrogen and oxygen atoms in total. The van der Waals surface area contributed by atoms with E-state index < -0.39 is 0 Å². The van der Waals surface area contributed by atoms with Gasteiger partial charge in [0.2, 0.25) is 0 Å². The SMILES string of the molecule is CCO.CCOC(=O)N1CCC(=O)CC1.CCOC(=O)N1CCc2[nH]c3ccc(Br)cc3c2C1.CCOC(=O)N1CCc2c(c3cc(Br)ccc3n2C)C1.Cl.NNc1ccc(Br)cc1. The zero-order chi connectivity index (χ0) is 46.1. The lowest BCUT2D eigenvalue weighted by molar-refractivity contribution is -0.121. The first-order valence-electron chi connectivity index (χ1n) is 20.9. The lowest BCUT2D eigenvalue weighted by Gasteiger charge is -2.27. The van der Waals surface area contributed by atoms with E-state index in [-0.39, 0.29) is 43.1 Å². The molecule has 64 heavy (non-hydrogen) atoms. The molecule has 0 radical (unpaired) electrons. The van der Waals surface area contributed by atoms with Gasteiger partial charge in [-0.05, 0) is 88.4 Å².